The Morgan fingerprint density at radius 3 is 2.91 bits per heavy atom. The predicted octanol–water partition coefficient (Wildman–Crippen LogP) is 4.61. The molecule has 112 valence electrons. The molecular weight excluding hydrogens is 298 g/mol. The fraction of sp³-hybridized carbons (Fsp3) is 0.278. The number of rotatable bonds is 1. The lowest BCUT2D eigenvalue weighted by atomic mass is 9.95. The minimum atomic E-state index is -0.106. The van der Waals surface area contributed by atoms with Crippen LogP contribution in [0, 0.1) is 6.92 Å². The lowest BCUT2D eigenvalue weighted by molar-refractivity contribution is -0.110. The fourth-order valence-corrected chi connectivity index (χ4v) is 3.49. The summed E-state index contributed by atoms with van der Waals surface area (Å²) in [6.07, 6.45) is 6.30. The molecule has 1 aromatic carbocycles. The molecular formula is C18H16ClNO2. The van der Waals surface area contributed by atoms with E-state index in [0.717, 1.165) is 41.2 Å². The first-order valence-corrected chi connectivity index (χ1v) is 7.95. The molecule has 22 heavy (non-hydrogen) atoms. The van der Waals surface area contributed by atoms with E-state index < -0.39 is 0 Å². The Bertz CT molecular complexity index is 817. The van der Waals surface area contributed by atoms with Crippen molar-refractivity contribution in [1.29, 1.82) is 0 Å². The van der Waals surface area contributed by atoms with Crippen LogP contribution in [0.1, 0.15) is 41.1 Å². The highest BCUT2D eigenvalue weighted by molar-refractivity contribution is 6.36. The Labute approximate surface area is 134 Å². The Morgan fingerprint density at radius 1 is 1.27 bits per heavy atom. The maximum atomic E-state index is 12.2. The van der Waals surface area contributed by atoms with Gasteiger partial charge in [-0.25, -0.2) is 0 Å². The summed E-state index contributed by atoms with van der Waals surface area (Å²) >= 11 is 6.06. The van der Waals surface area contributed by atoms with Gasteiger partial charge < -0.3 is 9.73 Å². The first-order valence-electron chi connectivity index (χ1n) is 7.57. The molecule has 1 N–H and O–H groups in total. The largest absolute Gasteiger partial charge is 0.461 e. The van der Waals surface area contributed by atoms with Crippen molar-refractivity contribution in [2.45, 2.75) is 32.6 Å². The van der Waals surface area contributed by atoms with E-state index in [-0.39, 0.29) is 5.91 Å². The molecule has 0 radical (unpaired) electrons. The predicted molar refractivity (Wildman–Crippen MR) is 88.0 cm³/mol. The van der Waals surface area contributed by atoms with Crippen LogP contribution in [-0.4, -0.2) is 5.91 Å². The molecule has 0 spiro atoms. The van der Waals surface area contributed by atoms with Crippen LogP contribution >= 0.6 is 11.6 Å². The Kier molecular flexibility index (Phi) is 3.12. The van der Waals surface area contributed by atoms with Gasteiger partial charge in [0.15, 0.2) is 0 Å². The van der Waals surface area contributed by atoms with Crippen LogP contribution in [-0.2, 0) is 17.6 Å². The molecule has 2 heterocycles. The number of amides is 1. The normalized spacial score (nSPS) is 18.3. The van der Waals surface area contributed by atoms with Gasteiger partial charge in [0.1, 0.15) is 11.5 Å². The number of carbonyl (C=O) groups is 1. The summed E-state index contributed by atoms with van der Waals surface area (Å²) in [6.45, 7) is 2.08. The van der Waals surface area contributed by atoms with Gasteiger partial charge in [-0.15, -0.1) is 0 Å². The average molecular weight is 314 g/mol. The highest BCUT2D eigenvalue weighted by Gasteiger charge is 2.26. The number of anilines is 1. The van der Waals surface area contributed by atoms with E-state index in [9.17, 15) is 4.79 Å². The van der Waals surface area contributed by atoms with Gasteiger partial charge in [0, 0.05) is 22.7 Å². The number of hydrogen-bond donors (Lipinski definition) is 1. The number of furan rings is 1. The monoisotopic (exact) mass is 313 g/mol. The zero-order chi connectivity index (χ0) is 15.3. The van der Waals surface area contributed by atoms with Crippen LogP contribution in [0.5, 0.6) is 0 Å². The molecule has 2 aromatic rings. The van der Waals surface area contributed by atoms with Crippen molar-refractivity contribution in [3.63, 3.8) is 0 Å². The second-order valence-corrected chi connectivity index (χ2v) is 6.34. The van der Waals surface area contributed by atoms with Crippen molar-refractivity contribution in [3.05, 3.63) is 51.4 Å². The average Bonchev–Trinajstić information content (AvgIpc) is 2.99. The number of aryl methyl sites for hydroxylation is 1. The van der Waals surface area contributed by atoms with Crippen molar-refractivity contribution >= 4 is 34.8 Å². The maximum Gasteiger partial charge on any atom is 0.256 e. The first-order chi connectivity index (χ1) is 10.6. The number of hydrogen-bond acceptors (Lipinski definition) is 2. The van der Waals surface area contributed by atoms with E-state index in [1.54, 1.807) is 6.07 Å². The lowest BCUT2D eigenvalue weighted by Gasteiger charge is -2.08. The fourth-order valence-electron chi connectivity index (χ4n) is 3.32. The summed E-state index contributed by atoms with van der Waals surface area (Å²) in [6, 6.07) is 5.43. The van der Waals surface area contributed by atoms with Crippen molar-refractivity contribution in [2.24, 2.45) is 0 Å². The third-order valence-electron chi connectivity index (χ3n) is 4.51. The third kappa shape index (κ3) is 2.08. The first kappa shape index (κ1) is 13.6. The minimum absolute atomic E-state index is 0.106. The molecule has 1 aromatic heterocycles. The van der Waals surface area contributed by atoms with Gasteiger partial charge in [-0.1, -0.05) is 11.6 Å². The van der Waals surface area contributed by atoms with Gasteiger partial charge in [-0.05, 0) is 61.6 Å². The van der Waals surface area contributed by atoms with Gasteiger partial charge in [-0.2, -0.15) is 0 Å². The van der Waals surface area contributed by atoms with Gasteiger partial charge in [0.2, 0.25) is 0 Å². The van der Waals surface area contributed by atoms with Crippen LogP contribution in [0.4, 0.5) is 5.69 Å². The van der Waals surface area contributed by atoms with Crippen molar-refractivity contribution in [1.82, 2.24) is 0 Å². The molecule has 1 aliphatic carbocycles. The molecule has 1 aliphatic heterocycles. The topological polar surface area (TPSA) is 42.2 Å². The number of carbonyl (C=O) groups excluding carboxylic acids is 1. The molecule has 1 amide bonds. The lowest BCUT2D eigenvalue weighted by Crippen LogP contribution is -2.03. The summed E-state index contributed by atoms with van der Waals surface area (Å²) in [5.74, 6) is 1.77. The van der Waals surface area contributed by atoms with Gasteiger partial charge in [0.25, 0.3) is 5.91 Å². The molecule has 0 unspecified atom stereocenters. The standard InChI is InChI=1S/C18H16ClNO2/c1-10-12-4-2-3-5-16(12)22-17(10)9-14-13-8-11(19)6-7-15(13)20-18(14)21/h6-9H,2-5H2,1H3,(H,20,21). The number of fused-ring (bicyclic) bond motifs is 2. The molecule has 0 fully saturated rings. The molecule has 0 atom stereocenters. The molecule has 0 saturated carbocycles. The van der Waals surface area contributed by atoms with E-state index >= 15 is 0 Å². The van der Waals surface area contributed by atoms with Gasteiger partial charge in [-0.3, -0.25) is 4.79 Å². The van der Waals surface area contributed by atoms with Crippen LogP contribution in [0.2, 0.25) is 5.02 Å². The van der Waals surface area contributed by atoms with Gasteiger partial charge >= 0.3 is 0 Å². The molecule has 3 nitrogen and oxygen atoms in total. The Hall–Kier alpha value is -2.00. The summed E-state index contributed by atoms with van der Waals surface area (Å²) in [4.78, 5) is 12.2. The highest BCUT2D eigenvalue weighted by Crippen LogP contribution is 2.37. The summed E-state index contributed by atoms with van der Waals surface area (Å²) in [7, 11) is 0. The van der Waals surface area contributed by atoms with Crippen LogP contribution in [0.25, 0.3) is 11.6 Å². The Morgan fingerprint density at radius 2 is 2.09 bits per heavy atom. The number of halogens is 1. The van der Waals surface area contributed by atoms with Crippen LogP contribution < -0.4 is 5.32 Å². The Balaban J connectivity index is 1.83. The van der Waals surface area contributed by atoms with Crippen molar-refractivity contribution in [3.8, 4) is 0 Å². The van der Waals surface area contributed by atoms with Crippen molar-refractivity contribution < 1.29 is 9.21 Å². The highest BCUT2D eigenvalue weighted by atomic mass is 35.5. The zero-order valence-electron chi connectivity index (χ0n) is 12.3. The van der Waals surface area contributed by atoms with Crippen molar-refractivity contribution in [2.75, 3.05) is 5.32 Å². The van der Waals surface area contributed by atoms with Crippen LogP contribution in [0.15, 0.2) is 22.6 Å². The van der Waals surface area contributed by atoms with Crippen LogP contribution in [0.3, 0.4) is 0 Å². The summed E-state index contributed by atoms with van der Waals surface area (Å²) in [5.41, 5.74) is 4.74. The van der Waals surface area contributed by atoms with E-state index in [2.05, 4.69) is 12.2 Å². The second kappa shape index (κ2) is 5.03. The smallest absolute Gasteiger partial charge is 0.256 e. The van der Waals surface area contributed by atoms with E-state index in [1.165, 1.54) is 18.4 Å². The zero-order valence-corrected chi connectivity index (χ0v) is 13.1. The van der Waals surface area contributed by atoms with E-state index in [1.807, 2.05) is 18.2 Å². The van der Waals surface area contributed by atoms with Gasteiger partial charge in [0.05, 0.1) is 5.57 Å². The SMILES string of the molecule is Cc1c(C=C2C(=O)Nc3ccc(Cl)cc32)oc2c1CCCC2. The molecule has 0 saturated heterocycles. The number of benzene rings is 1. The minimum Gasteiger partial charge on any atom is -0.461 e. The maximum absolute atomic E-state index is 12.2. The number of nitrogens with one attached hydrogen (secondary N) is 1. The molecule has 2 aliphatic rings. The van der Waals surface area contributed by atoms with E-state index in [4.69, 9.17) is 16.0 Å². The second-order valence-electron chi connectivity index (χ2n) is 5.90. The molecule has 4 heteroatoms. The summed E-state index contributed by atoms with van der Waals surface area (Å²) in [5, 5.41) is 3.49. The third-order valence-corrected chi connectivity index (χ3v) is 4.75. The quantitative estimate of drug-likeness (QED) is 0.781. The summed E-state index contributed by atoms with van der Waals surface area (Å²) < 4.78 is 6.00. The van der Waals surface area contributed by atoms with E-state index in [0.29, 0.717) is 10.6 Å². The molecule has 4 rings (SSSR count). The molecule has 0 bridgehead atoms.